The number of para-hydroxylation sites is 1. The molecule has 0 N–H and O–H groups in total. The minimum absolute atomic E-state index is 0.952. The summed E-state index contributed by atoms with van der Waals surface area (Å²) < 4.78 is 60.5. The van der Waals surface area contributed by atoms with E-state index in [0.717, 1.165) is 0 Å². The summed E-state index contributed by atoms with van der Waals surface area (Å²) in [5.41, 5.74) is 1.25. The predicted octanol–water partition coefficient (Wildman–Crippen LogP) is 2.93. The van der Waals surface area contributed by atoms with Crippen molar-refractivity contribution in [2.24, 2.45) is 0 Å². The van der Waals surface area contributed by atoms with Crippen molar-refractivity contribution in [3.8, 4) is 0 Å². The van der Waals surface area contributed by atoms with E-state index in [4.69, 9.17) is 0 Å². The van der Waals surface area contributed by atoms with Gasteiger partial charge in [0.05, 0.1) is 0 Å². The molecule has 21 heavy (non-hydrogen) atoms. The monoisotopic (exact) mass is 315 g/mol. The molecule has 2 aromatic rings. The standard InChI is InChI=1S/C8H11N.C6F5.Al/c1-9(2)8-6-4-3-5-7-8;7-2-1-3(8)5(10)6(11)4(2)9;/h3-7H,1-2H3;;/q;;+2. The maximum absolute atomic E-state index is 12.4. The molecule has 0 atom stereocenters. The molecule has 0 unspecified atom stereocenters. The fourth-order valence-electron chi connectivity index (χ4n) is 1.35. The van der Waals surface area contributed by atoms with Crippen LogP contribution in [-0.2, 0) is 0 Å². The average Bonchev–Trinajstić information content (AvgIpc) is 2.50. The molecule has 0 fully saturated rings. The fraction of sp³-hybridized carbons (Fsp3) is 0.143. The van der Waals surface area contributed by atoms with Crippen LogP contribution in [0.2, 0.25) is 0 Å². The maximum atomic E-state index is 12.4. The molecule has 0 saturated carbocycles. The van der Waals surface area contributed by atoms with Gasteiger partial charge in [0.25, 0.3) is 0 Å². The number of anilines is 1. The summed E-state index contributed by atoms with van der Waals surface area (Å²) in [7, 11) is 4.07. The van der Waals surface area contributed by atoms with Crippen LogP contribution in [-0.4, -0.2) is 30.4 Å². The van der Waals surface area contributed by atoms with E-state index in [1.54, 1.807) is 0 Å². The summed E-state index contributed by atoms with van der Waals surface area (Å²) in [4.78, 5) is 2.08. The molecule has 0 aliphatic rings. The van der Waals surface area contributed by atoms with Crippen molar-refractivity contribution >= 4 is 26.4 Å². The van der Waals surface area contributed by atoms with E-state index in [1.807, 2.05) is 32.3 Å². The van der Waals surface area contributed by atoms with Gasteiger partial charge in [0.15, 0.2) is 0 Å². The average molecular weight is 315 g/mol. The molecule has 0 saturated heterocycles. The first-order chi connectivity index (χ1) is 9.77. The number of benzene rings is 2. The summed E-state index contributed by atoms with van der Waals surface area (Å²) >= 11 is 1.44. The molecule has 0 radical (unpaired) electrons. The molecule has 0 amide bonds. The van der Waals surface area contributed by atoms with Gasteiger partial charge < -0.3 is 4.90 Å². The van der Waals surface area contributed by atoms with Crippen molar-refractivity contribution in [3.05, 3.63) is 59.4 Å². The molecule has 0 bridgehead atoms. The van der Waals surface area contributed by atoms with E-state index in [1.165, 1.54) is 22.0 Å². The SMILES string of the molecule is CN(C)c1ccccc1.Fc1c(F)c(F)[c]([Al+2])c(F)c1F. The van der Waals surface area contributed by atoms with Gasteiger partial charge in [-0.2, -0.15) is 0 Å². The number of hydrogen-bond donors (Lipinski definition) is 0. The Hall–Kier alpha value is -1.58. The van der Waals surface area contributed by atoms with Crippen molar-refractivity contribution in [2.45, 2.75) is 0 Å². The molecule has 0 spiro atoms. The minimum atomic E-state index is -2.14. The van der Waals surface area contributed by atoms with E-state index in [9.17, 15) is 22.0 Å². The summed E-state index contributed by atoms with van der Waals surface area (Å²) in [5, 5.41) is 0. The third kappa shape index (κ3) is 4.19. The van der Waals surface area contributed by atoms with Crippen LogP contribution in [0.1, 0.15) is 0 Å². The van der Waals surface area contributed by atoms with Crippen molar-refractivity contribution in [3.63, 3.8) is 0 Å². The Bertz CT molecular complexity index is 512. The van der Waals surface area contributed by atoms with E-state index in [-0.39, 0.29) is 0 Å². The molecule has 7 heteroatoms. The zero-order valence-electron chi connectivity index (χ0n) is 11.3. The van der Waals surface area contributed by atoms with Crippen molar-refractivity contribution < 1.29 is 22.0 Å². The molecule has 2 aromatic carbocycles. The first kappa shape index (κ1) is 17.5. The van der Waals surface area contributed by atoms with Crippen LogP contribution in [0.15, 0.2) is 30.3 Å². The van der Waals surface area contributed by atoms with Crippen molar-refractivity contribution in [2.75, 3.05) is 19.0 Å². The number of hydrogen-bond acceptors (Lipinski definition) is 1. The van der Waals surface area contributed by atoms with Gasteiger partial charge in [-0.3, -0.25) is 0 Å². The second-order valence-corrected chi connectivity index (χ2v) is 4.79. The van der Waals surface area contributed by atoms with Crippen molar-refractivity contribution in [1.82, 2.24) is 0 Å². The molecule has 0 aromatic heterocycles. The first-order valence-corrected chi connectivity index (χ1v) is 6.34. The molecule has 108 valence electrons. The zero-order valence-corrected chi connectivity index (χ0v) is 12.5. The topological polar surface area (TPSA) is 3.24 Å². The van der Waals surface area contributed by atoms with Crippen LogP contribution in [0.5, 0.6) is 0 Å². The first-order valence-electron chi connectivity index (χ1n) is 5.76. The third-order valence-corrected chi connectivity index (χ3v) is 3.02. The van der Waals surface area contributed by atoms with E-state index < -0.39 is 33.5 Å². The number of halogens is 5. The predicted molar refractivity (Wildman–Crippen MR) is 72.4 cm³/mol. The third-order valence-electron chi connectivity index (χ3n) is 2.52. The Labute approximate surface area is 127 Å². The molecule has 1 nitrogen and oxygen atoms in total. The Morgan fingerprint density at radius 3 is 1.43 bits per heavy atom. The normalized spacial score (nSPS) is 9.95. The van der Waals surface area contributed by atoms with Crippen LogP contribution in [0, 0.1) is 29.1 Å². The van der Waals surface area contributed by atoms with Gasteiger partial charge in [-0.1, -0.05) is 18.2 Å². The molecular formula is C14H11AlF5N+2. The van der Waals surface area contributed by atoms with E-state index >= 15 is 0 Å². The van der Waals surface area contributed by atoms with E-state index in [2.05, 4.69) is 17.0 Å². The van der Waals surface area contributed by atoms with Gasteiger partial charge in [0.2, 0.25) is 0 Å². The Balaban J connectivity index is 0.000000219. The molecule has 0 aliphatic heterocycles. The van der Waals surface area contributed by atoms with Crippen LogP contribution in [0.3, 0.4) is 0 Å². The summed E-state index contributed by atoms with van der Waals surface area (Å²) in [5.74, 6) is -9.65. The second kappa shape index (κ2) is 7.44. The quantitative estimate of drug-likeness (QED) is 0.338. The molecule has 2 rings (SSSR count). The van der Waals surface area contributed by atoms with Gasteiger partial charge in [0.1, 0.15) is 0 Å². The van der Waals surface area contributed by atoms with Crippen LogP contribution in [0.25, 0.3) is 0 Å². The van der Waals surface area contributed by atoms with Crippen LogP contribution >= 0.6 is 0 Å². The van der Waals surface area contributed by atoms with Gasteiger partial charge in [-0.25, -0.2) is 0 Å². The number of rotatable bonds is 1. The van der Waals surface area contributed by atoms with Crippen molar-refractivity contribution in [1.29, 1.82) is 0 Å². The summed E-state index contributed by atoms with van der Waals surface area (Å²) in [6.07, 6.45) is 0. The van der Waals surface area contributed by atoms with Gasteiger partial charge in [-0.05, 0) is 12.1 Å². The second-order valence-electron chi connectivity index (χ2n) is 4.21. The fourth-order valence-corrected chi connectivity index (χ4v) is 1.60. The van der Waals surface area contributed by atoms with Gasteiger partial charge in [-0.15, -0.1) is 0 Å². The van der Waals surface area contributed by atoms with E-state index in [0.29, 0.717) is 0 Å². The number of nitrogens with zero attached hydrogens (tertiary/aromatic N) is 1. The Morgan fingerprint density at radius 1 is 0.714 bits per heavy atom. The summed E-state index contributed by atoms with van der Waals surface area (Å²) in [6, 6.07) is 10.3. The Kier molecular flexibility index (Phi) is 6.19. The van der Waals surface area contributed by atoms with Gasteiger partial charge in [0, 0.05) is 19.8 Å². The van der Waals surface area contributed by atoms with Gasteiger partial charge >= 0.3 is 71.8 Å². The molecule has 0 aliphatic carbocycles. The zero-order chi connectivity index (χ0) is 16.2. The Morgan fingerprint density at radius 2 is 1.10 bits per heavy atom. The van der Waals surface area contributed by atoms with Crippen LogP contribution < -0.4 is 9.33 Å². The van der Waals surface area contributed by atoms with Crippen LogP contribution in [0.4, 0.5) is 27.6 Å². The molecular weight excluding hydrogens is 304 g/mol. The molecule has 0 heterocycles. The summed E-state index contributed by atoms with van der Waals surface area (Å²) in [6.45, 7) is 0.